The van der Waals surface area contributed by atoms with Gasteiger partial charge in [-0.05, 0) is 31.1 Å². The summed E-state index contributed by atoms with van der Waals surface area (Å²) < 4.78 is 10.7. The normalized spacial score (nSPS) is 42.0. The van der Waals surface area contributed by atoms with Crippen LogP contribution < -0.4 is 5.32 Å². The first-order valence-electron chi connectivity index (χ1n) is 6.20. The van der Waals surface area contributed by atoms with Gasteiger partial charge in [0, 0.05) is 12.6 Å². The van der Waals surface area contributed by atoms with Crippen LogP contribution in [-0.2, 0) is 9.47 Å². The van der Waals surface area contributed by atoms with Crippen molar-refractivity contribution in [2.75, 3.05) is 19.9 Å². The van der Waals surface area contributed by atoms with Gasteiger partial charge in [0.25, 0.3) is 0 Å². The number of hydrogen-bond donors (Lipinski definition) is 1. The van der Waals surface area contributed by atoms with E-state index in [1.54, 1.807) is 0 Å². The second-order valence-corrected chi connectivity index (χ2v) is 5.03. The molecule has 0 aromatic heterocycles. The van der Waals surface area contributed by atoms with E-state index in [4.69, 9.17) is 9.47 Å². The Bertz CT molecular complexity index is 192. The lowest BCUT2D eigenvalue weighted by molar-refractivity contribution is -0.137. The molecule has 1 aliphatic carbocycles. The topological polar surface area (TPSA) is 30.5 Å². The minimum absolute atomic E-state index is 0.363. The van der Waals surface area contributed by atoms with Gasteiger partial charge in [0.05, 0.1) is 12.7 Å². The summed E-state index contributed by atoms with van der Waals surface area (Å²) in [6.07, 6.45) is 4.09. The van der Waals surface area contributed by atoms with Gasteiger partial charge in [-0.2, -0.15) is 0 Å². The monoisotopic (exact) mass is 213 g/mol. The molecule has 1 saturated carbocycles. The lowest BCUT2D eigenvalue weighted by atomic mass is 9.98. The Balaban J connectivity index is 1.68. The molecule has 88 valence electrons. The molecule has 0 aromatic carbocycles. The van der Waals surface area contributed by atoms with Crippen molar-refractivity contribution in [3.8, 4) is 0 Å². The van der Waals surface area contributed by atoms with E-state index in [1.807, 2.05) is 0 Å². The average Bonchev–Trinajstić information content (AvgIpc) is 2.59. The highest BCUT2D eigenvalue weighted by molar-refractivity contribution is 4.85. The number of hydrogen-bond acceptors (Lipinski definition) is 3. The van der Waals surface area contributed by atoms with Crippen LogP contribution >= 0.6 is 0 Å². The zero-order valence-corrected chi connectivity index (χ0v) is 9.87. The maximum atomic E-state index is 5.52. The van der Waals surface area contributed by atoms with Crippen molar-refractivity contribution < 1.29 is 9.47 Å². The first-order valence-corrected chi connectivity index (χ1v) is 6.20. The fraction of sp³-hybridized carbons (Fsp3) is 1.00. The third-order valence-corrected chi connectivity index (χ3v) is 4.04. The highest BCUT2D eigenvalue weighted by atomic mass is 16.7. The molecule has 0 spiro atoms. The quantitative estimate of drug-likeness (QED) is 0.775. The molecule has 1 N–H and O–H groups in total. The van der Waals surface area contributed by atoms with Crippen LogP contribution in [0.2, 0.25) is 0 Å². The second kappa shape index (κ2) is 5.28. The van der Waals surface area contributed by atoms with E-state index >= 15 is 0 Å². The van der Waals surface area contributed by atoms with E-state index in [0.29, 0.717) is 18.9 Å². The van der Waals surface area contributed by atoms with Crippen LogP contribution in [0.3, 0.4) is 0 Å². The van der Waals surface area contributed by atoms with Crippen molar-refractivity contribution in [1.29, 1.82) is 0 Å². The highest BCUT2D eigenvalue weighted by Gasteiger charge is 2.29. The molecule has 4 unspecified atom stereocenters. The van der Waals surface area contributed by atoms with Crippen LogP contribution in [0.15, 0.2) is 0 Å². The van der Waals surface area contributed by atoms with Crippen molar-refractivity contribution in [3.63, 3.8) is 0 Å². The number of rotatable bonds is 3. The molecule has 4 atom stereocenters. The van der Waals surface area contributed by atoms with Gasteiger partial charge in [0.2, 0.25) is 0 Å². The standard InChI is InChI=1S/C12H23NO2/c1-9-3-4-12(10(9)2)13-7-11-5-6-14-8-15-11/h9-13H,3-8H2,1-2H3. The minimum Gasteiger partial charge on any atom is -0.355 e. The molecule has 2 aliphatic rings. The Hall–Kier alpha value is -0.120. The molecule has 3 nitrogen and oxygen atoms in total. The summed E-state index contributed by atoms with van der Waals surface area (Å²) in [5.41, 5.74) is 0. The van der Waals surface area contributed by atoms with E-state index < -0.39 is 0 Å². The van der Waals surface area contributed by atoms with Crippen molar-refractivity contribution in [2.24, 2.45) is 11.8 Å². The van der Waals surface area contributed by atoms with E-state index in [1.165, 1.54) is 12.8 Å². The van der Waals surface area contributed by atoms with E-state index in [0.717, 1.165) is 31.4 Å². The Morgan fingerprint density at radius 2 is 2.07 bits per heavy atom. The predicted molar refractivity (Wildman–Crippen MR) is 59.7 cm³/mol. The van der Waals surface area contributed by atoms with Crippen molar-refractivity contribution in [2.45, 2.75) is 45.3 Å². The third kappa shape index (κ3) is 2.92. The van der Waals surface area contributed by atoms with E-state index in [-0.39, 0.29) is 0 Å². The largest absolute Gasteiger partial charge is 0.355 e. The molecule has 15 heavy (non-hydrogen) atoms. The molecule has 0 bridgehead atoms. The van der Waals surface area contributed by atoms with Gasteiger partial charge in [0.1, 0.15) is 6.79 Å². The van der Waals surface area contributed by atoms with Gasteiger partial charge < -0.3 is 14.8 Å². The van der Waals surface area contributed by atoms with Gasteiger partial charge in [0.15, 0.2) is 0 Å². The maximum Gasteiger partial charge on any atom is 0.147 e. The molecule has 0 aromatic rings. The molecule has 2 fully saturated rings. The molecular weight excluding hydrogens is 190 g/mol. The molecular formula is C12H23NO2. The fourth-order valence-electron chi connectivity index (χ4n) is 2.60. The van der Waals surface area contributed by atoms with Gasteiger partial charge >= 0.3 is 0 Å². The molecule has 0 radical (unpaired) electrons. The average molecular weight is 213 g/mol. The van der Waals surface area contributed by atoms with Crippen molar-refractivity contribution >= 4 is 0 Å². The second-order valence-electron chi connectivity index (χ2n) is 5.03. The summed E-state index contributed by atoms with van der Waals surface area (Å²) in [7, 11) is 0. The Morgan fingerprint density at radius 3 is 2.67 bits per heavy atom. The first-order chi connectivity index (χ1) is 7.27. The van der Waals surface area contributed by atoms with Crippen LogP contribution in [0, 0.1) is 11.8 Å². The van der Waals surface area contributed by atoms with Gasteiger partial charge in [-0.1, -0.05) is 13.8 Å². The molecule has 3 heteroatoms. The molecule has 1 heterocycles. The zero-order valence-electron chi connectivity index (χ0n) is 9.87. The lowest BCUT2D eigenvalue weighted by Gasteiger charge is -2.26. The van der Waals surface area contributed by atoms with Crippen LogP contribution in [0.4, 0.5) is 0 Å². The van der Waals surface area contributed by atoms with Gasteiger partial charge in [-0.15, -0.1) is 0 Å². The molecule has 2 rings (SSSR count). The first kappa shape index (κ1) is 11.4. The van der Waals surface area contributed by atoms with Crippen molar-refractivity contribution in [1.82, 2.24) is 5.32 Å². The summed E-state index contributed by atoms with van der Waals surface area (Å²) in [5, 5.41) is 3.65. The lowest BCUT2D eigenvalue weighted by Crippen LogP contribution is -2.40. The summed E-state index contributed by atoms with van der Waals surface area (Å²) in [5.74, 6) is 1.68. The highest BCUT2D eigenvalue weighted by Crippen LogP contribution is 2.31. The SMILES string of the molecule is CC1CCC(NCC2CCOCO2)C1C. The van der Waals surface area contributed by atoms with E-state index in [9.17, 15) is 0 Å². The maximum absolute atomic E-state index is 5.52. The van der Waals surface area contributed by atoms with E-state index in [2.05, 4.69) is 19.2 Å². The van der Waals surface area contributed by atoms with Crippen LogP contribution in [0.5, 0.6) is 0 Å². The molecule has 1 saturated heterocycles. The third-order valence-electron chi connectivity index (χ3n) is 4.04. The zero-order chi connectivity index (χ0) is 10.7. The van der Waals surface area contributed by atoms with Crippen LogP contribution in [0.1, 0.15) is 33.1 Å². The summed E-state index contributed by atoms with van der Waals surface area (Å²) in [6.45, 7) is 7.04. The summed E-state index contributed by atoms with van der Waals surface area (Å²) in [6, 6.07) is 0.700. The Morgan fingerprint density at radius 1 is 1.20 bits per heavy atom. The number of nitrogens with one attached hydrogen (secondary N) is 1. The minimum atomic E-state index is 0.363. The fourth-order valence-corrected chi connectivity index (χ4v) is 2.60. The number of ether oxygens (including phenoxy) is 2. The molecule has 1 aliphatic heterocycles. The summed E-state index contributed by atoms with van der Waals surface area (Å²) in [4.78, 5) is 0. The van der Waals surface area contributed by atoms with Gasteiger partial charge in [-0.3, -0.25) is 0 Å². The van der Waals surface area contributed by atoms with Crippen LogP contribution in [0.25, 0.3) is 0 Å². The smallest absolute Gasteiger partial charge is 0.147 e. The van der Waals surface area contributed by atoms with Crippen molar-refractivity contribution in [3.05, 3.63) is 0 Å². The van der Waals surface area contributed by atoms with Crippen LogP contribution in [-0.4, -0.2) is 32.1 Å². The Labute approximate surface area is 92.5 Å². The predicted octanol–water partition coefficient (Wildman–Crippen LogP) is 1.77. The van der Waals surface area contributed by atoms with Gasteiger partial charge in [-0.25, -0.2) is 0 Å². The Kier molecular flexibility index (Phi) is 4.00. The molecule has 0 amide bonds. The summed E-state index contributed by atoms with van der Waals surface area (Å²) >= 11 is 0.